The third kappa shape index (κ3) is 5.71. The Morgan fingerprint density at radius 3 is 1.34 bits per heavy atom. The topological polar surface area (TPSA) is 51.8 Å². The molecule has 12 aromatic rings. The molecule has 0 atom stereocenters. The minimum absolute atomic E-state index is 0.575. The highest BCUT2D eigenvalue weighted by atomic mass is 16.3. The Hall–Kier alpha value is -8.99. The Balaban J connectivity index is 1.06. The second kappa shape index (κ2) is 15.0. The fourth-order valence-corrected chi connectivity index (χ4v) is 11.3. The van der Waals surface area contributed by atoms with Crippen LogP contribution in [-0.2, 0) is 5.41 Å². The number of aromatic nitrogens is 3. The van der Waals surface area contributed by atoms with E-state index in [4.69, 9.17) is 19.4 Å². The molecular formula is C64H39N3O. The lowest BCUT2D eigenvalue weighted by Crippen LogP contribution is -2.29. The van der Waals surface area contributed by atoms with E-state index in [0.717, 1.165) is 66.4 Å². The molecule has 14 rings (SSSR count). The molecule has 4 heteroatoms. The zero-order chi connectivity index (χ0) is 44.8. The molecule has 1 spiro atoms. The van der Waals surface area contributed by atoms with Crippen molar-refractivity contribution in [3.63, 3.8) is 0 Å². The molecule has 0 fully saturated rings. The van der Waals surface area contributed by atoms with Crippen molar-refractivity contribution in [2.75, 3.05) is 0 Å². The normalized spacial score (nSPS) is 12.8. The number of fused-ring (bicyclic) bond motifs is 15. The fourth-order valence-electron chi connectivity index (χ4n) is 11.3. The Labute approximate surface area is 393 Å². The van der Waals surface area contributed by atoms with Crippen LogP contribution in [0, 0.1) is 0 Å². The Morgan fingerprint density at radius 1 is 0.265 bits per heavy atom. The highest BCUT2D eigenvalue weighted by Gasteiger charge is 2.49. The maximum Gasteiger partial charge on any atom is 0.164 e. The number of furan rings is 1. The van der Waals surface area contributed by atoms with Crippen LogP contribution in [-0.4, -0.2) is 15.0 Å². The van der Waals surface area contributed by atoms with Crippen LogP contribution < -0.4 is 0 Å². The van der Waals surface area contributed by atoms with E-state index in [1.54, 1.807) is 0 Å². The number of para-hydroxylation sites is 1. The van der Waals surface area contributed by atoms with Crippen LogP contribution in [0.1, 0.15) is 22.3 Å². The van der Waals surface area contributed by atoms with Gasteiger partial charge in [0.15, 0.2) is 17.5 Å². The monoisotopic (exact) mass is 865 g/mol. The molecule has 0 saturated heterocycles. The van der Waals surface area contributed by atoms with Crippen LogP contribution in [0.4, 0.5) is 0 Å². The maximum absolute atomic E-state index is 6.43. The molecule has 316 valence electrons. The first-order valence-electron chi connectivity index (χ1n) is 23.2. The Bertz CT molecular complexity index is 3880. The molecule has 0 saturated carbocycles. The van der Waals surface area contributed by atoms with Crippen LogP contribution in [0.5, 0.6) is 0 Å². The van der Waals surface area contributed by atoms with Crippen molar-refractivity contribution in [3.8, 4) is 89.8 Å². The molecule has 10 aromatic carbocycles. The zero-order valence-electron chi connectivity index (χ0n) is 36.8. The number of hydrogen-bond acceptors (Lipinski definition) is 4. The second-order valence-electron chi connectivity index (χ2n) is 17.8. The molecule has 68 heavy (non-hydrogen) atoms. The van der Waals surface area contributed by atoms with Gasteiger partial charge in [0.2, 0.25) is 0 Å². The van der Waals surface area contributed by atoms with Crippen LogP contribution in [0.3, 0.4) is 0 Å². The SMILES string of the molecule is c1ccc(-c2cc(-c3ccccc3)cc(-c3nc(-c4ccc5c(c4)-c4ccccc4-c4ccccc4C54c5ccccc5-c5ccccc54)nc(-c4cccc5oc6ccccc6c45)n3)c2)cc1. The summed E-state index contributed by atoms with van der Waals surface area (Å²) >= 11 is 0. The summed E-state index contributed by atoms with van der Waals surface area (Å²) in [5.74, 6) is 1.75. The van der Waals surface area contributed by atoms with E-state index < -0.39 is 5.41 Å². The largest absolute Gasteiger partial charge is 0.456 e. The third-order valence-electron chi connectivity index (χ3n) is 14.2. The van der Waals surface area contributed by atoms with Gasteiger partial charge in [-0.05, 0) is 114 Å². The molecule has 0 bridgehead atoms. The molecule has 4 nitrogen and oxygen atoms in total. The lowest BCUT2D eigenvalue weighted by atomic mass is 9.66. The van der Waals surface area contributed by atoms with Crippen molar-refractivity contribution >= 4 is 21.9 Å². The van der Waals surface area contributed by atoms with E-state index in [2.05, 4.69) is 212 Å². The lowest BCUT2D eigenvalue weighted by molar-refractivity contribution is 0.669. The van der Waals surface area contributed by atoms with Crippen LogP contribution in [0.2, 0.25) is 0 Å². The molecule has 0 unspecified atom stereocenters. The highest BCUT2D eigenvalue weighted by molar-refractivity contribution is 6.12. The predicted octanol–water partition coefficient (Wildman–Crippen LogP) is 16.1. The first-order valence-corrected chi connectivity index (χ1v) is 23.2. The van der Waals surface area contributed by atoms with Crippen molar-refractivity contribution in [2.45, 2.75) is 5.41 Å². The lowest BCUT2D eigenvalue weighted by Gasteiger charge is -2.35. The van der Waals surface area contributed by atoms with Crippen molar-refractivity contribution < 1.29 is 4.42 Å². The fraction of sp³-hybridized carbons (Fsp3) is 0.0156. The van der Waals surface area contributed by atoms with Gasteiger partial charge in [0.05, 0.1) is 5.41 Å². The van der Waals surface area contributed by atoms with E-state index in [1.807, 2.05) is 24.3 Å². The standard InChI is InChI=1S/C64H39N3O/c1-3-18-40(19-4-1)43-36-44(41-20-5-2-6-21-41)38-45(37-43)62-65-61(66-63(67-62)52-28-17-33-59-60(52)51-27-12-16-32-58(51)68-59)42-34-35-57-53(39-42)47-23-8-7-22-46(47)48-24-9-13-29-54(48)64(57)55-30-14-10-25-49(55)50-26-11-15-31-56(50)64/h1-39H. The molecule has 2 aromatic heterocycles. The smallest absolute Gasteiger partial charge is 0.164 e. The summed E-state index contributed by atoms with van der Waals surface area (Å²) < 4.78 is 6.43. The molecule has 0 radical (unpaired) electrons. The minimum atomic E-state index is -0.588. The van der Waals surface area contributed by atoms with Gasteiger partial charge in [0.25, 0.3) is 0 Å². The van der Waals surface area contributed by atoms with Crippen LogP contribution >= 0.6 is 0 Å². The minimum Gasteiger partial charge on any atom is -0.456 e. The van der Waals surface area contributed by atoms with Gasteiger partial charge in [-0.1, -0.05) is 200 Å². The molecule has 0 amide bonds. The molecule has 2 aliphatic rings. The van der Waals surface area contributed by atoms with Crippen molar-refractivity contribution in [1.82, 2.24) is 15.0 Å². The van der Waals surface area contributed by atoms with Gasteiger partial charge in [-0.3, -0.25) is 0 Å². The third-order valence-corrected chi connectivity index (χ3v) is 14.2. The molecular weight excluding hydrogens is 827 g/mol. The Kier molecular flexibility index (Phi) is 8.46. The van der Waals surface area contributed by atoms with Gasteiger partial charge in [-0.2, -0.15) is 0 Å². The Morgan fingerprint density at radius 2 is 0.706 bits per heavy atom. The molecule has 2 aliphatic carbocycles. The average Bonchev–Trinajstić information content (AvgIpc) is 3.92. The van der Waals surface area contributed by atoms with Crippen molar-refractivity contribution in [3.05, 3.63) is 259 Å². The van der Waals surface area contributed by atoms with Gasteiger partial charge in [-0.25, -0.2) is 15.0 Å². The number of rotatable bonds is 5. The summed E-state index contributed by atoms with van der Waals surface area (Å²) in [6.07, 6.45) is 0. The first-order chi connectivity index (χ1) is 33.7. The summed E-state index contributed by atoms with van der Waals surface area (Å²) in [6.45, 7) is 0. The number of nitrogens with zero attached hydrogens (tertiary/aromatic N) is 3. The van der Waals surface area contributed by atoms with E-state index >= 15 is 0 Å². The summed E-state index contributed by atoms with van der Waals surface area (Å²) in [4.78, 5) is 16.4. The van der Waals surface area contributed by atoms with Gasteiger partial charge < -0.3 is 4.42 Å². The first kappa shape index (κ1) is 38.3. The van der Waals surface area contributed by atoms with Crippen molar-refractivity contribution in [1.29, 1.82) is 0 Å². The molecule has 0 aliphatic heterocycles. The molecule has 2 heterocycles. The van der Waals surface area contributed by atoms with Gasteiger partial charge >= 0.3 is 0 Å². The van der Waals surface area contributed by atoms with E-state index in [-0.39, 0.29) is 0 Å². The van der Waals surface area contributed by atoms with E-state index in [0.29, 0.717) is 17.5 Å². The second-order valence-corrected chi connectivity index (χ2v) is 17.8. The van der Waals surface area contributed by atoms with E-state index in [1.165, 1.54) is 50.1 Å². The van der Waals surface area contributed by atoms with Gasteiger partial charge in [0, 0.05) is 27.5 Å². The number of hydrogen-bond donors (Lipinski definition) is 0. The summed E-state index contributed by atoms with van der Waals surface area (Å²) in [7, 11) is 0. The van der Waals surface area contributed by atoms with Crippen molar-refractivity contribution in [2.24, 2.45) is 0 Å². The summed E-state index contributed by atoms with van der Waals surface area (Å²) in [5, 5.41) is 1.99. The maximum atomic E-state index is 6.43. The summed E-state index contributed by atoms with van der Waals surface area (Å²) in [6, 6.07) is 84.8. The highest BCUT2D eigenvalue weighted by Crippen LogP contribution is 2.61. The quantitative estimate of drug-likeness (QED) is 0.173. The van der Waals surface area contributed by atoms with Gasteiger partial charge in [-0.15, -0.1) is 0 Å². The van der Waals surface area contributed by atoms with Crippen LogP contribution in [0.15, 0.2) is 241 Å². The predicted molar refractivity (Wildman–Crippen MR) is 276 cm³/mol. The summed E-state index contributed by atoms with van der Waals surface area (Å²) in [5.41, 5.74) is 20.4. The zero-order valence-corrected chi connectivity index (χ0v) is 36.8. The molecule has 0 N–H and O–H groups in total. The van der Waals surface area contributed by atoms with Gasteiger partial charge in [0.1, 0.15) is 11.2 Å². The average molecular weight is 866 g/mol. The van der Waals surface area contributed by atoms with Crippen LogP contribution in [0.25, 0.3) is 112 Å². The van der Waals surface area contributed by atoms with E-state index in [9.17, 15) is 0 Å². The number of benzene rings is 10.